The lowest BCUT2D eigenvalue weighted by atomic mass is 10.2. The first-order valence-electron chi connectivity index (χ1n) is 5.17. The molecular weight excluding hydrogens is 158 g/mol. The molecule has 0 unspecified atom stereocenters. The second kappa shape index (κ2) is 9.24. The maximum absolute atomic E-state index is 3.88. The first-order valence-corrected chi connectivity index (χ1v) is 5.17. The zero-order valence-corrected chi connectivity index (χ0v) is 9.09. The van der Waals surface area contributed by atoms with Gasteiger partial charge in [-0.1, -0.05) is 45.6 Å². The predicted molar refractivity (Wildman–Crippen MR) is 58.8 cm³/mol. The molecule has 1 aromatic heterocycles. The molecule has 1 heteroatoms. The summed E-state index contributed by atoms with van der Waals surface area (Å²) in [5, 5.41) is 0. The zero-order valence-electron chi connectivity index (χ0n) is 9.09. The van der Waals surface area contributed by atoms with Crippen molar-refractivity contribution in [3.05, 3.63) is 30.1 Å². The van der Waals surface area contributed by atoms with Crippen LogP contribution in [0.5, 0.6) is 0 Å². The lowest BCUT2D eigenvalue weighted by Crippen LogP contribution is -1.69. The van der Waals surface area contributed by atoms with Crippen molar-refractivity contribution in [3.63, 3.8) is 0 Å². The monoisotopic (exact) mass is 179 g/mol. The van der Waals surface area contributed by atoms with Gasteiger partial charge >= 0.3 is 0 Å². The van der Waals surface area contributed by atoms with Gasteiger partial charge in [0.05, 0.1) is 0 Å². The van der Waals surface area contributed by atoms with Crippen LogP contribution in [0.25, 0.3) is 0 Å². The molecule has 0 aliphatic carbocycles. The molecule has 74 valence electrons. The number of nitrogens with zero attached hydrogens (tertiary/aromatic N) is 1. The molecule has 0 fully saturated rings. The van der Waals surface area contributed by atoms with E-state index >= 15 is 0 Å². The summed E-state index contributed by atoms with van der Waals surface area (Å²) in [6.45, 7) is 6.48. The summed E-state index contributed by atoms with van der Waals surface area (Å²) < 4.78 is 0. The Morgan fingerprint density at radius 1 is 1.15 bits per heavy atom. The van der Waals surface area contributed by atoms with E-state index in [4.69, 9.17) is 0 Å². The Morgan fingerprint density at radius 2 is 1.77 bits per heavy atom. The van der Waals surface area contributed by atoms with Crippen LogP contribution >= 0.6 is 0 Å². The molecule has 1 nitrogen and oxygen atoms in total. The maximum atomic E-state index is 3.88. The van der Waals surface area contributed by atoms with Gasteiger partial charge in [-0.15, -0.1) is 0 Å². The smallest absolute Gasteiger partial charge is 0.0297 e. The fourth-order valence-corrected chi connectivity index (χ4v) is 0.948. The summed E-state index contributed by atoms with van der Waals surface area (Å²) >= 11 is 0. The molecular formula is C12H21N. The topological polar surface area (TPSA) is 12.9 Å². The molecule has 0 aliphatic rings. The van der Waals surface area contributed by atoms with Gasteiger partial charge in [-0.05, 0) is 18.6 Å². The molecule has 0 aliphatic heterocycles. The first-order chi connectivity index (χ1) is 6.31. The molecule has 0 spiro atoms. The average Bonchev–Trinajstić information content (AvgIpc) is 2.17. The lowest BCUT2D eigenvalue weighted by molar-refractivity contribution is 0.702. The molecule has 0 N–H and O–H groups in total. The number of pyridine rings is 1. The summed E-state index contributed by atoms with van der Waals surface area (Å²) in [5.41, 5.74) is 1.21. The minimum atomic E-state index is 1.21. The van der Waals surface area contributed by atoms with Crippen LogP contribution in [0.4, 0.5) is 0 Å². The molecule has 1 aromatic rings. The number of unbranched alkanes of at least 4 members (excludes halogenated alkanes) is 3. The second-order valence-corrected chi connectivity index (χ2v) is 3.24. The fourth-order valence-electron chi connectivity index (χ4n) is 0.948. The Balaban J connectivity index is 0.000000226. The Kier molecular flexibility index (Phi) is 8.64. The van der Waals surface area contributed by atoms with E-state index in [0.29, 0.717) is 0 Å². The van der Waals surface area contributed by atoms with Gasteiger partial charge in [0.25, 0.3) is 0 Å². The summed E-state index contributed by atoms with van der Waals surface area (Å²) in [6.07, 6.45) is 9.14. The van der Waals surface area contributed by atoms with E-state index in [-0.39, 0.29) is 0 Å². The van der Waals surface area contributed by atoms with Gasteiger partial charge in [-0.3, -0.25) is 4.98 Å². The number of hydrogen-bond acceptors (Lipinski definition) is 1. The standard InChI is InChI=1S/C6H7N.C6H14/c1-6-3-2-4-7-5-6;1-3-5-6-4-2/h2-5H,1H3;3-6H2,1-2H3. The number of aromatic nitrogens is 1. The zero-order chi connectivity index (χ0) is 9.94. The third kappa shape index (κ3) is 9.06. The van der Waals surface area contributed by atoms with Crippen molar-refractivity contribution in [2.24, 2.45) is 0 Å². The third-order valence-electron chi connectivity index (χ3n) is 1.77. The molecule has 13 heavy (non-hydrogen) atoms. The molecule has 0 radical (unpaired) electrons. The minimum Gasteiger partial charge on any atom is -0.264 e. The molecule has 0 bridgehead atoms. The van der Waals surface area contributed by atoms with E-state index in [9.17, 15) is 0 Å². The molecule has 0 aromatic carbocycles. The van der Waals surface area contributed by atoms with Crippen molar-refractivity contribution in [2.45, 2.75) is 46.5 Å². The molecule has 0 amide bonds. The van der Waals surface area contributed by atoms with Crippen molar-refractivity contribution in [2.75, 3.05) is 0 Å². The minimum absolute atomic E-state index is 1.21. The molecule has 0 saturated carbocycles. The van der Waals surface area contributed by atoms with E-state index in [1.165, 1.54) is 31.2 Å². The normalized spacial score (nSPS) is 8.85. The number of aryl methyl sites for hydroxylation is 1. The van der Waals surface area contributed by atoms with Crippen LogP contribution < -0.4 is 0 Å². The summed E-state index contributed by atoms with van der Waals surface area (Å²) in [5.74, 6) is 0. The SMILES string of the molecule is CCCCCC.Cc1cccnc1. The molecule has 0 atom stereocenters. The van der Waals surface area contributed by atoms with Crippen molar-refractivity contribution in [1.82, 2.24) is 4.98 Å². The van der Waals surface area contributed by atoms with E-state index in [2.05, 4.69) is 18.8 Å². The Labute approximate surface area is 82.2 Å². The van der Waals surface area contributed by atoms with Gasteiger partial charge in [-0.2, -0.15) is 0 Å². The molecule has 1 heterocycles. The first kappa shape index (κ1) is 12.2. The number of hydrogen-bond donors (Lipinski definition) is 0. The van der Waals surface area contributed by atoms with Crippen LogP contribution in [0.15, 0.2) is 24.5 Å². The average molecular weight is 179 g/mol. The largest absolute Gasteiger partial charge is 0.264 e. The molecule has 1 rings (SSSR count). The van der Waals surface area contributed by atoms with Crippen LogP contribution in [0.2, 0.25) is 0 Å². The summed E-state index contributed by atoms with van der Waals surface area (Å²) in [6, 6.07) is 3.95. The lowest BCUT2D eigenvalue weighted by Gasteiger charge is -1.86. The van der Waals surface area contributed by atoms with Crippen LogP contribution in [0.1, 0.15) is 45.1 Å². The highest BCUT2D eigenvalue weighted by Crippen LogP contribution is 1.95. The predicted octanol–water partition coefficient (Wildman–Crippen LogP) is 3.98. The van der Waals surface area contributed by atoms with Gasteiger partial charge in [0, 0.05) is 12.4 Å². The quantitative estimate of drug-likeness (QED) is 0.640. The van der Waals surface area contributed by atoms with Gasteiger partial charge in [0.2, 0.25) is 0 Å². The van der Waals surface area contributed by atoms with Crippen LogP contribution in [-0.2, 0) is 0 Å². The van der Waals surface area contributed by atoms with Gasteiger partial charge < -0.3 is 0 Å². The van der Waals surface area contributed by atoms with Gasteiger partial charge in [-0.25, -0.2) is 0 Å². The van der Waals surface area contributed by atoms with Crippen molar-refractivity contribution in [3.8, 4) is 0 Å². The van der Waals surface area contributed by atoms with Crippen LogP contribution in [-0.4, -0.2) is 4.98 Å². The number of rotatable bonds is 3. The highest BCUT2D eigenvalue weighted by molar-refractivity contribution is 5.04. The maximum Gasteiger partial charge on any atom is 0.0297 e. The third-order valence-corrected chi connectivity index (χ3v) is 1.77. The highest BCUT2D eigenvalue weighted by Gasteiger charge is 1.75. The Hall–Kier alpha value is -0.850. The molecule has 0 saturated heterocycles. The second-order valence-electron chi connectivity index (χ2n) is 3.24. The Bertz CT molecular complexity index is 178. The summed E-state index contributed by atoms with van der Waals surface area (Å²) in [7, 11) is 0. The van der Waals surface area contributed by atoms with Gasteiger partial charge in [0.15, 0.2) is 0 Å². The van der Waals surface area contributed by atoms with Gasteiger partial charge in [0.1, 0.15) is 0 Å². The summed E-state index contributed by atoms with van der Waals surface area (Å²) in [4.78, 5) is 3.88. The van der Waals surface area contributed by atoms with Crippen LogP contribution in [0.3, 0.4) is 0 Å². The van der Waals surface area contributed by atoms with Crippen LogP contribution in [0, 0.1) is 6.92 Å². The Morgan fingerprint density at radius 3 is 2.00 bits per heavy atom. The fraction of sp³-hybridized carbons (Fsp3) is 0.583. The van der Waals surface area contributed by atoms with Crippen molar-refractivity contribution >= 4 is 0 Å². The van der Waals surface area contributed by atoms with E-state index in [0.717, 1.165) is 0 Å². The van der Waals surface area contributed by atoms with E-state index < -0.39 is 0 Å². The van der Waals surface area contributed by atoms with Crippen molar-refractivity contribution in [1.29, 1.82) is 0 Å². The highest BCUT2D eigenvalue weighted by atomic mass is 14.6. The van der Waals surface area contributed by atoms with Crippen molar-refractivity contribution < 1.29 is 0 Å². The van der Waals surface area contributed by atoms with E-state index in [1.54, 1.807) is 6.20 Å². The van der Waals surface area contributed by atoms with E-state index in [1.807, 2.05) is 25.3 Å².